The molecular weight excluding hydrogens is 509 g/mol. The Morgan fingerprint density at radius 2 is 1.86 bits per heavy atom. The number of thiophene rings is 1. The highest BCUT2D eigenvalue weighted by molar-refractivity contribution is 8.00. The number of anilines is 1. The predicted molar refractivity (Wildman–Crippen MR) is 132 cm³/mol. The molecule has 186 valence electrons. The Bertz CT molecular complexity index is 1320. The SMILES string of the molecule is CCOC(=O)c1c(NC(=O)c2ccc(SC(F)(F)F)cc2)sc2c1CC[C@@](C#N)(c1ccccc1)C2. The molecule has 0 saturated heterocycles. The number of rotatable bonds is 6. The summed E-state index contributed by atoms with van der Waals surface area (Å²) in [5.41, 5.74) is -3.10. The fourth-order valence-electron chi connectivity index (χ4n) is 4.27. The van der Waals surface area contributed by atoms with E-state index in [1.807, 2.05) is 30.3 Å². The fraction of sp³-hybridized carbons (Fsp3) is 0.269. The van der Waals surface area contributed by atoms with E-state index in [2.05, 4.69) is 11.4 Å². The number of alkyl halides is 3. The molecule has 0 bridgehead atoms. The maximum absolute atomic E-state index is 12.9. The number of fused-ring (bicyclic) bond motifs is 1. The standard InChI is InChI=1S/C26H21F3N2O3S2/c1-2-34-24(33)21-19-12-13-25(15-30,17-6-4-3-5-7-17)14-20(19)35-23(21)31-22(32)16-8-10-18(11-9-16)36-26(27,28)29/h3-11H,2,12-14H2,1H3,(H,31,32)/t25-/m1/s1. The number of hydrogen-bond acceptors (Lipinski definition) is 6. The van der Waals surface area contributed by atoms with Crippen LogP contribution in [0.15, 0.2) is 59.5 Å². The second-order valence-electron chi connectivity index (χ2n) is 8.19. The van der Waals surface area contributed by atoms with E-state index in [0.29, 0.717) is 24.3 Å². The summed E-state index contributed by atoms with van der Waals surface area (Å²) in [5, 5.41) is 13.1. The number of carbonyl (C=O) groups is 2. The summed E-state index contributed by atoms with van der Waals surface area (Å²) in [6.07, 6.45) is 1.36. The molecule has 1 atom stereocenters. The summed E-state index contributed by atoms with van der Waals surface area (Å²) in [5.74, 6) is -1.12. The molecule has 0 spiro atoms. The Labute approximate surface area is 214 Å². The molecule has 0 fully saturated rings. The summed E-state index contributed by atoms with van der Waals surface area (Å²) >= 11 is 0.964. The second-order valence-corrected chi connectivity index (χ2v) is 10.4. The first-order valence-electron chi connectivity index (χ1n) is 11.1. The molecule has 3 aromatic rings. The maximum Gasteiger partial charge on any atom is 0.446 e. The quantitative estimate of drug-likeness (QED) is 0.282. The number of nitrogens with zero attached hydrogens (tertiary/aromatic N) is 1. The van der Waals surface area contributed by atoms with E-state index >= 15 is 0 Å². The number of esters is 1. The van der Waals surface area contributed by atoms with Crippen molar-refractivity contribution in [3.05, 3.63) is 81.7 Å². The Balaban J connectivity index is 1.64. The average molecular weight is 531 g/mol. The zero-order valence-electron chi connectivity index (χ0n) is 19.1. The van der Waals surface area contributed by atoms with Gasteiger partial charge in [0.25, 0.3) is 5.91 Å². The average Bonchev–Trinajstić information content (AvgIpc) is 3.20. The number of nitrogens with one attached hydrogen (secondary N) is 1. The van der Waals surface area contributed by atoms with Crippen molar-refractivity contribution in [1.82, 2.24) is 0 Å². The van der Waals surface area contributed by atoms with Crippen LogP contribution in [0, 0.1) is 11.3 Å². The van der Waals surface area contributed by atoms with Crippen molar-refractivity contribution in [3.63, 3.8) is 0 Å². The summed E-state index contributed by atoms with van der Waals surface area (Å²) in [4.78, 5) is 26.6. The van der Waals surface area contributed by atoms with E-state index in [-0.39, 0.29) is 34.4 Å². The molecule has 0 aliphatic heterocycles. The number of hydrogen-bond donors (Lipinski definition) is 1. The molecule has 10 heteroatoms. The van der Waals surface area contributed by atoms with Gasteiger partial charge < -0.3 is 10.1 Å². The number of nitriles is 1. The molecule has 0 saturated carbocycles. The van der Waals surface area contributed by atoms with E-state index in [0.717, 1.165) is 16.0 Å². The smallest absolute Gasteiger partial charge is 0.446 e. The Morgan fingerprint density at radius 1 is 1.17 bits per heavy atom. The third-order valence-electron chi connectivity index (χ3n) is 5.95. The summed E-state index contributed by atoms with van der Waals surface area (Å²) in [7, 11) is 0. The van der Waals surface area contributed by atoms with Crippen LogP contribution in [0.1, 0.15) is 50.1 Å². The zero-order chi connectivity index (χ0) is 25.9. The van der Waals surface area contributed by atoms with Crippen molar-refractivity contribution in [2.24, 2.45) is 0 Å². The Kier molecular flexibility index (Phi) is 7.43. The molecule has 1 aliphatic rings. The summed E-state index contributed by atoms with van der Waals surface area (Å²) < 4.78 is 43.0. The number of carbonyl (C=O) groups excluding carboxylic acids is 2. The third kappa shape index (κ3) is 5.42. The van der Waals surface area contributed by atoms with Crippen LogP contribution in [-0.4, -0.2) is 24.0 Å². The molecule has 36 heavy (non-hydrogen) atoms. The highest BCUT2D eigenvalue weighted by atomic mass is 32.2. The van der Waals surface area contributed by atoms with E-state index in [4.69, 9.17) is 4.74 Å². The summed E-state index contributed by atoms with van der Waals surface area (Å²) in [6, 6.07) is 17.0. The van der Waals surface area contributed by atoms with Crippen LogP contribution < -0.4 is 5.32 Å². The lowest BCUT2D eigenvalue weighted by atomic mass is 9.70. The molecule has 4 rings (SSSR count). The van der Waals surface area contributed by atoms with Crippen LogP contribution in [0.5, 0.6) is 0 Å². The van der Waals surface area contributed by atoms with Gasteiger partial charge in [-0.15, -0.1) is 11.3 Å². The highest BCUT2D eigenvalue weighted by Gasteiger charge is 2.40. The van der Waals surface area contributed by atoms with Crippen molar-refractivity contribution in [2.75, 3.05) is 11.9 Å². The molecule has 1 amide bonds. The Hall–Kier alpha value is -3.29. The van der Waals surface area contributed by atoms with Crippen molar-refractivity contribution < 1.29 is 27.5 Å². The number of amides is 1. The van der Waals surface area contributed by atoms with E-state index < -0.39 is 22.8 Å². The van der Waals surface area contributed by atoms with Gasteiger partial charge >= 0.3 is 11.5 Å². The van der Waals surface area contributed by atoms with Gasteiger partial charge in [-0.05, 0) is 66.9 Å². The van der Waals surface area contributed by atoms with Gasteiger partial charge in [0.05, 0.1) is 23.7 Å². The van der Waals surface area contributed by atoms with Crippen LogP contribution in [0.4, 0.5) is 18.2 Å². The first kappa shape index (κ1) is 25.8. The van der Waals surface area contributed by atoms with E-state index in [9.17, 15) is 28.0 Å². The van der Waals surface area contributed by atoms with E-state index in [1.54, 1.807) is 6.92 Å². The largest absolute Gasteiger partial charge is 0.462 e. The van der Waals surface area contributed by atoms with Crippen LogP contribution in [-0.2, 0) is 23.0 Å². The molecular formula is C26H21F3N2O3S2. The predicted octanol–water partition coefficient (Wildman–Crippen LogP) is 6.74. The van der Waals surface area contributed by atoms with Gasteiger partial charge in [-0.25, -0.2) is 4.79 Å². The van der Waals surface area contributed by atoms with Crippen molar-refractivity contribution >= 4 is 40.0 Å². The van der Waals surface area contributed by atoms with Gasteiger partial charge in [0.1, 0.15) is 5.00 Å². The topological polar surface area (TPSA) is 79.2 Å². The maximum atomic E-state index is 12.9. The minimum atomic E-state index is -4.42. The Morgan fingerprint density at radius 3 is 2.47 bits per heavy atom. The van der Waals surface area contributed by atoms with E-state index in [1.165, 1.54) is 35.6 Å². The minimum Gasteiger partial charge on any atom is -0.462 e. The normalized spacial score (nSPS) is 17.1. The molecule has 1 N–H and O–H groups in total. The van der Waals surface area contributed by atoms with Gasteiger partial charge in [0, 0.05) is 21.8 Å². The van der Waals surface area contributed by atoms with Crippen LogP contribution in [0.2, 0.25) is 0 Å². The zero-order valence-corrected chi connectivity index (χ0v) is 20.8. The lowest BCUT2D eigenvalue weighted by molar-refractivity contribution is -0.0328. The van der Waals surface area contributed by atoms with Gasteiger partial charge in [-0.2, -0.15) is 18.4 Å². The van der Waals surface area contributed by atoms with Crippen LogP contribution in [0.25, 0.3) is 0 Å². The molecule has 0 radical (unpaired) electrons. The number of halogens is 3. The minimum absolute atomic E-state index is 0.0356. The number of ether oxygens (including phenoxy) is 1. The van der Waals surface area contributed by atoms with Gasteiger partial charge in [-0.1, -0.05) is 30.3 Å². The van der Waals surface area contributed by atoms with Gasteiger partial charge in [0.2, 0.25) is 0 Å². The number of benzene rings is 2. The van der Waals surface area contributed by atoms with Crippen LogP contribution >= 0.6 is 23.1 Å². The molecule has 2 aromatic carbocycles. The lowest BCUT2D eigenvalue weighted by Crippen LogP contribution is -2.31. The van der Waals surface area contributed by atoms with Crippen molar-refractivity contribution in [2.45, 2.75) is 42.0 Å². The molecule has 1 aromatic heterocycles. The highest BCUT2D eigenvalue weighted by Crippen LogP contribution is 2.46. The van der Waals surface area contributed by atoms with Crippen LogP contribution in [0.3, 0.4) is 0 Å². The third-order valence-corrected chi connectivity index (χ3v) is 7.84. The first-order valence-corrected chi connectivity index (χ1v) is 12.7. The molecule has 0 unspecified atom stereocenters. The summed E-state index contributed by atoms with van der Waals surface area (Å²) in [6.45, 7) is 1.84. The van der Waals surface area contributed by atoms with Crippen molar-refractivity contribution in [3.8, 4) is 6.07 Å². The van der Waals surface area contributed by atoms with Crippen molar-refractivity contribution in [1.29, 1.82) is 5.26 Å². The lowest BCUT2D eigenvalue weighted by Gasteiger charge is -2.31. The van der Waals surface area contributed by atoms with Gasteiger partial charge in [-0.3, -0.25) is 4.79 Å². The molecule has 1 aliphatic carbocycles. The molecule has 1 heterocycles. The molecule has 5 nitrogen and oxygen atoms in total. The fourth-order valence-corrected chi connectivity index (χ4v) is 6.16. The number of thioether (sulfide) groups is 1. The second kappa shape index (κ2) is 10.4. The first-order chi connectivity index (χ1) is 17.2. The van der Waals surface area contributed by atoms with Gasteiger partial charge in [0.15, 0.2) is 0 Å². The monoisotopic (exact) mass is 530 g/mol.